The first kappa shape index (κ1) is 24.7. The van der Waals surface area contributed by atoms with Crippen molar-refractivity contribution in [2.75, 3.05) is 5.32 Å². The summed E-state index contributed by atoms with van der Waals surface area (Å²) in [6.45, 7) is 3.24. The van der Waals surface area contributed by atoms with E-state index in [1.807, 2.05) is 23.1 Å². The van der Waals surface area contributed by atoms with Crippen LogP contribution in [0.5, 0.6) is 0 Å². The summed E-state index contributed by atoms with van der Waals surface area (Å²) in [5, 5.41) is 4.43. The zero-order valence-electron chi connectivity index (χ0n) is 21.8. The van der Waals surface area contributed by atoms with Gasteiger partial charge in [0.25, 0.3) is 5.91 Å². The van der Waals surface area contributed by atoms with Crippen LogP contribution in [-0.2, 0) is 13.1 Å². The summed E-state index contributed by atoms with van der Waals surface area (Å²) < 4.78 is 13.8. The second-order valence-corrected chi connectivity index (χ2v) is 10.2. The Labute approximate surface area is 227 Å². The molecule has 0 saturated heterocycles. The van der Waals surface area contributed by atoms with Gasteiger partial charge in [-0.3, -0.25) is 4.79 Å². The molecule has 1 fully saturated rings. The Morgan fingerprint density at radius 1 is 0.897 bits per heavy atom. The first-order valence-electron chi connectivity index (χ1n) is 13.2. The number of fused-ring (bicyclic) bond motifs is 1. The molecule has 1 aliphatic rings. The first-order valence-corrected chi connectivity index (χ1v) is 13.2. The number of hydrogen-bond acceptors (Lipinski definition) is 4. The molecule has 0 aliphatic heterocycles. The molecule has 0 radical (unpaired) electrons. The third kappa shape index (κ3) is 5.65. The highest BCUT2D eigenvalue weighted by atomic mass is 19.1. The van der Waals surface area contributed by atoms with Gasteiger partial charge in [0, 0.05) is 30.1 Å². The molecular weight excluding hydrogens is 487 g/mol. The van der Waals surface area contributed by atoms with Crippen LogP contribution in [0.1, 0.15) is 39.9 Å². The van der Waals surface area contributed by atoms with Crippen molar-refractivity contribution in [1.82, 2.24) is 14.9 Å². The first-order chi connectivity index (χ1) is 19.0. The average Bonchev–Trinajstić information content (AvgIpc) is 3.80. The molecule has 0 unspecified atom stereocenters. The predicted molar refractivity (Wildman–Crippen MR) is 153 cm³/mol. The topological polar surface area (TPSA) is 58.1 Å². The molecule has 194 valence electrons. The van der Waals surface area contributed by atoms with Crippen LogP contribution in [-0.4, -0.2) is 26.8 Å². The summed E-state index contributed by atoms with van der Waals surface area (Å²) in [6, 6.07) is 29.0. The monoisotopic (exact) mass is 516 g/mol. The van der Waals surface area contributed by atoms with Gasteiger partial charge in [-0.05, 0) is 78.4 Å². The fraction of sp³-hybridized carbons (Fsp3) is 0.182. The van der Waals surface area contributed by atoms with Crippen molar-refractivity contribution >= 4 is 22.6 Å². The van der Waals surface area contributed by atoms with E-state index in [-0.39, 0.29) is 11.9 Å². The van der Waals surface area contributed by atoms with Gasteiger partial charge in [0.05, 0.1) is 5.52 Å². The van der Waals surface area contributed by atoms with E-state index in [0.29, 0.717) is 18.7 Å². The molecule has 1 aromatic heterocycles. The number of rotatable bonds is 8. The molecule has 0 spiro atoms. The quantitative estimate of drug-likeness (QED) is 0.238. The Balaban J connectivity index is 1.26. The lowest BCUT2D eigenvalue weighted by molar-refractivity contribution is 0.0729. The maximum atomic E-state index is 13.8. The van der Waals surface area contributed by atoms with Crippen molar-refractivity contribution in [3.05, 3.63) is 125 Å². The SMILES string of the molecule is Cc1cccc(CNc2ncnc3ccc(-c4cccc(CN(C(=O)c5cccc(F)c5)C5CC5)c4)cc23)c1. The minimum Gasteiger partial charge on any atom is -0.365 e. The standard InChI is InChI=1S/C33H29FN4O/c1-22-5-2-6-23(15-22)19-35-32-30-18-26(11-14-31(30)36-21-37-32)25-8-3-7-24(16-25)20-38(29-12-13-29)33(39)27-9-4-10-28(34)17-27/h2-11,14-18,21,29H,12-13,19-20H2,1H3,(H,35,36,37). The molecule has 1 N–H and O–H groups in total. The van der Waals surface area contributed by atoms with Crippen molar-refractivity contribution in [2.24, 2.45) is 0 Å². The number of carbonyl (C=O) groups excluding carboxylic acids is 1. The van der Waals surface area contributed by atoms with Crippen molar-refractivity contribution in [1.29, 1.82) is 0 Å². The molecule has 1 heterocycles. The van der Waals surface area contributed by atoms with Crippen LogP contribution in [0.3, 0.4) is 0 Å². The highest BCUT2D eigenvalue weighted by molar-refractivity contribution is 5.95. The number of aromatic nitrogens is 2. The molecule has 6 heteroatoms. The lowest BCUT2D eigenvalue weighted by atomic mass is 10.0. The molecule has 5 aromatic rings. The van der Waals surface area contributed by atoms with Crippen molar-refractivity contribution < 1.29 is 9.18 Å². The molecule has 1 amide bonds. The second kappa shape index (κ2) is 10.7. The van der Waals surface area contributed by atoms with Gasteiger partial charge < -0.3 is 10.2 Å². The lowest BCUT2D eigenvalue weighted by Gasteiger charge is -2.23. The van der Waals surface area contributed by atoms with E-state index in [1.54, 1.807) is 18.5 Å². The highest BCUT2D eigenvalue weighted by Crippen LogP contribution is 2.32. The molecule has 4 aromatic carbocycles. The molecule has 5 nitrogen and oxygen atoms in total. The van der Waals surface area contributed by atoms with E-state index in [2.05, 4.69) is 70.7 Å². The molecule has 0 bridgehead atoms. The molecule has 1 saturated carbocycles. The minimum atomic E-state index is -0.397. The number of nitrogens with zero attached hydrogens (tertiary/aromatic N) is 3. The third-order valence-corrected chi connectivity index (χ3v) is 7.11. The summed E-state index contributed by atoms with van der Waals surface area (Å²) in [6.07, 6.45) is 3.54. The predicted octanol–water partition coefficient (Wildman–Crippen LogP) is 7.16. The van der Waals surface area contributed by atoms with E-state index < -0.39 is 5.82 Å². The number of aryl methyl sites for hydroxylation is 1. The Kier molecular flexibility index (Phi) is 6.76. The van der Waals surface area contributed by atoms with Crippen LogP contribution in [0.2, 0.25) is 0 Å². The van der Waals surface area contributed by atoms with Gasteiger partial charge in [0.1, 0.15) is 18.0 Å². The molecular formula is C33H29FN4O. The van der Waals surface area contributed by atoms with Crippen LogP contribution >= 0.6 is 0 Å². The van der Waals surface area contributed by atoms with E-state index in [4.69, 9.17) is 0 Å². The molecule has 0 atom stereocenters. The number of hydrogen-bond donors (Lipinski definition) is 1. The van der Waals surface area contributed by atoms with Gasteiger partial charge in [0.2, 0.25) is 0 Å². The van der Waals surface area contributed by atoms with Gasteiger partial charge in [-0.25, -0.2) is 14.4 Å². The zero-order valence-corrected chi connectivity index (χ0v) is 21.8. The molecule has 6 rings (SSSR count). The number of benzene rings is 4. The number of anilines is 1. The molecule has 39 heavy (non-hydrogen) atoms. The number of halogens is 1. The summed E-state index contributed by atoms with van der Waals surface area (Å²) in [7, 11) is 0. The average molecular weight is 517 g/mol. The van der Waals surface area contributed by atoms with E-state index in [0.717, 1.165) is 46.3 Å². The largest absolute Gasteiger partial charge is 0.365 e. The van der Waals surface area contributed by atoms with Gasteiger partial charge in [0.15, 0.2) is 0 Å². The van der Waals surface area contributed by atoms with E-state index in [9.17, 15) is 9.18 Å². The number of carbonyl (C=O) groups is 1. The van der Waals surface area contributed by atoms with E-state index >= 15 is 0 Å². The lowest BCUT2D eigenvalue weighted by Crippen LogP contribution is -2.32. The summed E-state index contributed by atoms with van der Waals surface area (Å²) in [5.74, 6) is 0.265. The van der Waals surface area contributed by atoms with Gasteiger partial charge in [-0.2, -0.15) is 0 Å². The smallest absolute Gasteiger partial charge is 0.254 e. The van der Waals surface area contributed by atoms with Gasteiger partial charge in [-0.1, -0.05) is 60.2 Å². The van der Waals surface area contributed by atoms with E-state index in [1.165, 1.54) is 23.3 Å². The normalized spacial score (nSPS) is 12.9. The Morgan fingerprint density at radius 3 is 2.51 bits per heavy atom. The van der Waals surface area contributed by atoms with Crippen molar-refractivity contribution in [3.63, 3.8) is 0 Å². The van der Waals surface area contributed by atoms with Crippen LogP contribution in [0.15, 0.2) is 97.3 Å². The number of amides is 1. The Morgan fingerprint density at radius 2 is 1.69 bits per heavy atom. The zero-order chi connectivity index (χ0) is 26.8. The maximum Gasteiger partial charge on any atom is 0.254 e. The van der Waals surface area contributed by atoms with Crippen LogP contribution < -0.4 is 5.32 Å². The summed E-state index contributed by atoms with van der Waals surface area (Å²) in [5.41, 5.74) is 6.81. The van der Waals surface area contributed by atoms with Crippen LogP contribution in [0.4, 0.5) is 10.2 Å². The van der Waals surface area contributed by atoms with Gasteiger partial charge in [-0.15, -0.1) is 0 Å². The number of nitrogens with one attached hydrogen (secondary N) is 1. The highest BCUT2D eigenvalue weighted by Gasteiger charge is 2.33. The Bertz CT molecular complexity index is 1660. The van der Waals surface area contributed by atoms with Crippen molar-refractivity contribution in [3.8, 4) is 11.1 Å². The fourth-order valence-corrected chi connectivity index (χ4v) is 4.97. The Hall–Kier alpha value is -4.58. The van der Waals surface area contributed by atoms with Crippen LogP contribution in [0, 0.1) is 12.7 Å². The molecule has 1 aliphatic carbocycles. The maximum absolute atomic E-state index is 13.8. The third-order valence-electron chi connectivity index (χ3n) is 7.11. The summed E-state index contributed by atoms with van der Waals surface area (Å²) >= 11 is 0. The minimum absolute atomic E-state index is 0.130. The van der Waals surface area contributed by atoms with Gasteiger partial charge >= 0.3 is 0 Å². The second-order valence-electron chi connectivity index (χ2n) is 10.2. The summed E-state index contributed by atoms with van der Waals surface area (Å²) in [4.78, 5) is 24.1. The van der Waals surface area contributed by atoms with Crippen LogP contribution in [0.25, 0.3) is 22.0 Å². The van der Waals surface area contributed by atoms with Crippen molar-refractivity contribution in [2.45, 2.75) is 38.9 Å². The fourth-order valence-electron chi connectivity index (χ4n) is 4.97.